The van der Waals surface area contributed by atoms with Gasteiger partial charge in [-0.3, -0.25) is 4.90 Å². The highest BCUT2D eigenvalue weighted by Gasteiger charge is 2.37. The molecule has 116 valence electrons. The summed E-state index contributed by atoms with van der Waals surface area (Å²) >= 11 is 0. The van der Waals surface area contributed by atoms with Crippen LogP contribution in [0.3, 0.4) is 0 Å². The topological polar surface area (TPSA) is 49.5 Å². The van der Waals surface area contributed by atoms with E-state index in [9.17, 15) is 5.11 Å². The molecule has 2 aliphatic carbocycles. The van der Waals surface area contributed by atoms with Gasteiger partial charge in [-0.15, -0.1) is 0 Å². The lowest BCUT2D eigenvalue weighted by molar-refractivity contribution is 0.0181. The van der Waals surface area contributed by atoms with E-state index in [0.29, 0.717) is 17.9 Å². The third-order valence-corrected chi connectivity index (χ3v) is 5.58. The summed E-state index contributed by atoms with van der Waals surface area (Å²) in [5, 5.41) is 10.3. The van der Waals surface area contributed by atoms with Crippen molar-refractivity contribution in [2.75, 3.05) is 6.54 Å². The van der Waals surface area contributed by atoms with Crippen molar-refractivity contribution >= 4 is 0 Å². The van der Waals surface area contributed by atoms with Gasteiger partial charge in [-0.25, -0.2) is 4.98 Å². The Bertz CT molecular complexity index is 483. The molecule has 0 bridgehead atoms. The maximum atomic E-state index is 10.3. The molecule has 4 nitrogen and oxygen atoms in total. The van der Waals surface area contributed by atoms with Crippen molar-refractivity contribution in [3.63, 3.8) is 0 Å². The van der Waals surface area contributed by atoms with Crippen LogP contribution >= 0.6 is 0 Å². The number of aromatic nitrogens is 1. The van der Waals surface area contributed by atoms with Crippen molar-refractivity contribution in [1.82, 2.24) is 9.88 Å². The number of aliphatic hydroxyl groups is 1. The normalized spacial score (nSPS) is 34.4. The van der Waals surface area contributed by atoms with Gasteiger partial charge in [-0.05, 0) is 45.1 Å². The second kappa shape index (κ2) is 5.73. The van der Waals surface area contributed by atoms with E-state index in [1.807, 2.05) is 6.20 Å². The molecule has 0 aromatic carbocycles. The number of hydrogen-bond acceptors (Lipinski definition) is 4. The Morgan fingerprint density at radius 1 is 1.14 bits per heavy atom. The van der Waals surface area contributed by atoms with Crippen LogP contribution in [0, 0.1) is 5.92 Å². The lowest BCUT2D eigenvalue weighted by atomic mass is 9.80. The summed E-state index contributed by atoms with van der Waals surface area (Å²) < 4.78 is 5.92. The van der Waals surface area contributed by atoms with Crippen LogP contribution in [0.1, 0.15) is 68.9 Å². The van der Waals surface area contributed by atoms with Crippen molar-refractivity contribution in [3.8, 4) is 0 Å². The average molecular weight is 290 g/mol. The van der Waals surface area contributed by atoms with Crippen LogP contribution in [0.5, 0.6) is 0 Å². The Labute approximate surface area is 126 Å². The van der Waals surface area contributed by atoms with Crippen molar-refractivity contribution in [2.24, 2.45) is 5.92 Å². The van der Waals surface area contributed by atoms with E-state index < -0.39 is 0 Å². The molecule has 0 radical (unpaired) electrons. The van der Waals surface area contributed by atoms with Gasteiger partial charge >= 0.3 is 0 Å². The summed E-state index contributed by atoms with van der Waals surface area (Å²) in [4.78, 5) is 6.97. The second-order valence-corrected chi connectivity index (χ2v) is 7.13. The zero-order valence-corrected chi connectivity index (χ0v) is 12.7. The summed E-state index contributed by atoms with van der Waals surface area (Å²) in [6.45, 7) is 1.94. The molecule has 2 heterocycles. The van der Waals surface area contributed by atoms with Gasteiger partial charge < -0.3 is 9.52 Å². The second-order valence-electron chi connectivity index (χ2n) is 7.13. The molecule has 1 aromatic rings. The minimum atomic E-state index is -0.101. The Kier molecular flexibility index (Phi) is 3.76. The quantitative estimate of drug-likeness (QED) is 0.926. The third-order valence-electron chi connectivity index (χ3n) is 5.58. The van der Waals surface area contributed by atoms with E-state index in [0.717, 1.165) is 31.2 Å². The zero-order chi connectivity index (χ0) is 14.2. The number of oxazole rings is 1. The fourth-order valence-corrected chi connectivity index (χ4v) is 4.25. The summed E-state index contributed by atoms with van der Waals surface area (Å²) in [6, 6.07) is 0.525. The first-order valence-electron chi connectivity index (χ1n) is 8.68. The van der Waals surface area contributed by atoms with Crippen LogP contribution in [-0.4, -0.2) is 33.7 Å². The van der Waals surface area contributed by atoms with Crippen LogP contribution in [0.25, 0.3) is 0 Å². The molecule has 4 heteroatoms. The summed E-state index contributed by atoms with van der Waals surface area (Å²) in [5.41, 5.74) is 0. The molecule has 1 aromatic heterocycles. The first-order chi connectivity index (χ1) is 10.3. The first kappa shape index (κ1) is 13.8. The van der Waals surface area contributed by atoms with Gasteiger partial charge in [-0.1, -0.05) is 12.8 Å². The van der Waals surface area contributed by atoms with Crippen molar-refractivity contribution in [3.05, 3.63) is 17.8 Å². The lowest BCUT2D eigenvalue weighted by Crippen LogP contribution is -2.42. The number of hydrogen-bond donors (Lipinski definition) is 1. The Hall–Kier alpha value is -0.870. The Morgan fingerprint density at radius 2 is 2.00 bits per heavy atom. The maximum absolute atomic E-state index is 10.3. The maximum Gasteiger partial charge on any atom is 0.208 e. The van der Waals surface area contributed by atoms with Gasteiger partial charge in [0.1, 0.15) is 5.76 Å². The van der Waals surface area contributed by atoms with Gasteiger partial charge in [-0.2, -0.15) is 0 Å². The molecule has 0 amide bonds. The van der Waals surface area contributed by atoms with Crippen LogP contribution in [0.4, 0.5) is 0 Å². The van der Waals surface area contributed by atoms with Crippen LogP contribution in [-0.2, 0) is 6.54 Å². The molecule has 3 atom stereocenters. The molecule has 1 N–H and O–H groups in total. The SMILES string of the molecule is O[C@@H]1CCCC[C@H]1[C@@H]1CCCN1Cc1ncc(C2CC2)o1. The fourth-order valence-electron chi connectivity index (χ4n) is 4.25. The van der Waals surface area contributed by atoms with E-state index in [4.69, 9.17) is 4.42 Å². The molecule has 21 heavy (non-hydrogen) atoms. The predicted molar refractivity (Wildman–Crippen MR) is 79.9 cm³/mol. The smallest absolute Gasteiger partial charge is 0.208 e. The van der Waals surface area contributed by atoms with E-state index in [1.54, 1.807) is 0 Å². The molecule has 0 spiro atoms. The molecular formula is C17H26N2O2. The Morgan fingerprint density at radius 3 is 2.81 bits per heavy atom. The van der Waals surface area contributed by atoms with E-state index in [-0.39, 0.29) is 6.10 Å². The third kappa shape index (κ3) is 2.88. The van der Waals surface area contributed by atoms with E-state index in [2.05, 4.69) is 9.88 Å². The number of likely N-dealkylation sites (tertiary alicyclic amines) is 1. The van der Waals surface area contributed by atoms with Gasteiger partial charge in [0.15, 0.2) is 0 Å². The molecule has 3 fully saturated rings. The standard InChI is InChI=1S/C17H26N2O2/c20-15-6-2-1-4-13(15)14-5-3-9-19(14)11-17-18-10-16(21-17)12-7-8-12/h10,12-15,20H,1-9,11H2/t13-,14-,15+/m0/s1. The van der Waals surface area contributed by atoms with Crippen LogP contribution in [0.2, 0.25) is 0 Å². The zero-order valence-electron chi connectivity index (χ0n) is 12.7. The molecular weight excluding hydrogens is 264 g/mol. The molecule has 4 rings (SSSR count). The van der Waals surface area contributed by atoms with Gasteiger partial charge in [0.2, 0.25) is 5.89 Å². The van der Waals surface area contributed by atoms with Gasteiger partial charge in [0.25, 0.3) is 0 Å². The van der Waals surface area contributed by atoms with E-state index in [1.165, 1.54) is 44.9 Å². The van der Waals surface area contributed by atoms with E-state index >= 15 is 0 Å². The molecule has 1 aliphatic heterocycles. The van der Waals surface area contributed by atoms with Crippen LogP contribution < -0.4 is 0 Å². The van der Waals surface area contributed by atoms with Gasteiger partial charge in [0.05, 0.1) is 18.8 Å². The number of aliphatic hydroxyl groups excluding tert-OH is 1. The summed E-state index contributed by atoms with van der Waals surface area (Å²) in [6.07, 6.45) is 11.4. The van der Waals surface area contributed by atoms with Crippen molar-refractivity contribution in [2.45, 2.75) is 76.0 Å². The summed E-state index contributed by atoms with van der Waals surface area (Å²) in [5.74, 6) is 3.05. The van der Waals surface area contributed by atoms with Gasteiger partial charge in [0, 0.05) is 17.9 Å². The molecule has 0 unspecified atom stereocenters. The largest absolute Gasteiger partial charge is 0.444 e. The highest BCUT2D eigenvalue weighted by molar-refractivity contribution is 5.08. The highest BCUT2D eigenvalue weighted by Crippen LogP contribution is 2.40. The monoisotopic (exact) mass is 290 g/mol. The fraction of sp³-hybridized carbons (Fsp3) is 0.824. The number of nitrogens with zero attached hydrogens (tertiary/aromatic N) is 2. The Balaban J connectivity index is 1.42. The summed E-state index contributed by atoms with van der Waals surface area (Å²) in [7, 11) is 0. The molecule has 3 aliphatic rings. The van der Waals surface area contributed by atoms with Crippen molar-refractivity contribution in [1.29, 1.82) is 0 Å². The number of rotatable bonds is 4. The first-order valence-corrected chi connectivity index (χ1v) is 8.68. The average Bonchev–Trinajstić information content (AvgIpc) is 3.07. The molecule has 2 saturated carbocycles. The highest BCUT2D eigenvalue weighted by atomic mass is 16.4. The van der Waals surface area contributed by atoms with Crippen molar-refractivity contribution < 1.29 is 9.52 Å². The minimum absolute atomic E-state index is 0.101. The minimum Gasteiger partial charge on any atom is -0.444 e. The lowest BCUT2D eigenvalue weighted by Gasteiger charge is -2.36. The predicted octanol–water partition coefficient (Wildman–Crippen LogP) is 3.07. The van der Waals surface area contributed by atoms with Crippen LogP contribution in [0.15, 0.2) is 10.6 Å². The molecule has 1 saturated heterocycles.